The van der Waals surface area contributed by atoms with Gasteiger partial charge in [0, 0.05) is 40.4 Å². The van der Waals surface area contributed by atoms with Gasteiger partial charge in [0.1, 0.15) is 29.8 Å². The molecule has 0 unspecified atom stereocenters. The summed E-state index contributed by atoms with van der Waals surface area (Å²) < 4.78 is 11.3. The molecular weight excluding hydrogens is 578 g/mol. The van der Waals surface area contributed by atoms with E-state index in [0.29, 0.717) is 6.67 Å². The minimum Gasteiger partial charge on any atom is -0.457 e. The lowest BCUT2D eigenvalue weighted by molar-refractivity contribution is 0.479. The molecule has 0 amide bonds. The molecule has 3 aromatic heterocycles. The Kier molecular flexibility index (Phi) is 6.03. The third kappa shape index (κ3) is 4.48. The van der Waals surface area contributed by atoms with Crippen LogP contribution in [0.25, 0.3) is 50.0 Å². The van der Waals surface area contributed by atoms with E-state index in [1.54, 1.807) is 0 Å². The Morgan fingerprint density at radius 3 is 2.28 bits per heavy atom. The molecule has 6 heteroatoms. The van der Waals surface area contributed by atoms with E-state index in [1.807, 2.05) is 24.4 Å². The van der Waals surface area contributed by atoms with Gasteiger partial charge in [-0.15, -0.1) is 0 Å². The fourth-order valence-electron chi connectivity index (χ4n) is 6.87. The van der Waals surface area contributed by atoms with Crippen molar-refractivity contribution in [3.8, 4) is 28.7 Å². The van der Waals surface area contributed by atoms with Crippen molar-refractivity contribution < 1.29 is 4.74 Å². The number of para-hydroxylation sites is 4. The number of imidazole rings is 1. The molecule has 4 heterocycles. The molecule has 8 aromatic rings. The van der Waals surface area contributed by atoms with Crippen LogP contribution in [0, 0.1) is 0 Å². The van der Waals surface area contributed by atoms with Crippen LogP contribution in [0.3, 0.4) is 0 Å². The van der Waals surface area contributed by atoms with Crippen LogP contribution in [-0.2, 0) is 12.1 Å². The van der Waals surface area contributed by atoms with E-state index in [-0.39, 0.29) is 5.41 Å². The van der Waals surface area contributed by atoms with E-state index in [2.05, 4.69) is 144 Å². The van der Waals surface area contributed by atoms with E-state index >= 15 is 0 Å². The second-order valence-corrected chi connectivity index (χ2v) is 13.2. The number of pyridine rings is 1. The van der Waals surface area contributed by atoms with Crippen LogP contribution < -0.4 is 9.64 Å². The first-order valence-electron chi connectivity index (χ1n) is 16.0. The maximum absolute atomic E-state index is 6.77. The van der Waals surface area contributed by atoms with E-state index in [4.69, 9.17) is 14.7 Å². The van der Waals surface area contributed by atoms with Crippen LogP contribution in [0.5, 0.6) is 11.5 Å². The molecule has 47 heavy (non-hydrogen) atoms. The summed E-state index contributed by atoms with van der Waals surface area (Å²) in [5.74, 6) is 3.45. The quantitative estimate of drug-likeness (QED) is 0.199. The number of hydrogen-bond donors (Lipinski definition) is 0. The maximum Gasteiger partial charge on any atom is 0.144 e. The summed E-state index contributed by atoms with van der Waals surface area (Å²) >= 11 is 0. The third-order valence-corrected chi connectivity index (χ3v) is 9.20. The molecule has 6 nitrogen and oxygen atoms in total. The predicted octanol–water partition coefficient (Wildman–Crippen LogP) is 10.4. The fraction of sp³-hybridized carbons (Fsp3) is 0.122. The zero-order valence-corrected chi connectivity index (χ0v) is 26.6. The van der Waals surface area contributed by atoms with Gasteiger partial charge < -0.3 is 14.2 Å². The van der Waals surface area contributed by atoms with Crippen molar-refractivity contribution in [2.75, 3.05) is 4.90 Å². The molecule has 0 bridgehead atoms. The topological polar surface area (TPSA) is 48.1 Å². The second-order valence-electron chi connectivity index (χ2n) is 13.2. The van der Waals surface area contributed by atoms with Crippen molar-refractivity contribution >= 4 is 44.2 Å². The van der Waals surface area contributed by atoms with Gasteiger partial charge in [0.2, 0.25) is 0 Å². The molecule has 0 N–H and O–H groups in total. The molecule has 1 aliphatic heterocycles. The molecular formula is C41H33N5O. The SMILES string of the molecule is CC(C)(C)c1cc(Oc2ccc3c4ccccc4n(-c4ccccn4)c3c2)cc(N2Cn3c(nc4ccccc43)-c3ccccc32)c1. The first-order valence-corrected chi connectivity index (χ1v) is 16.0. The molecule has 9 rings (SSSR count). The first kappa shape index (κ1) is 27.4. The summed E-state index contributed by atoms with van der Waals surface area (Å²) in [6, 6.07) is 44.4. The third-order valence-electron chi connectivity index (χ3n) is 9.20. The van der Waals surface area contributed by atoms with Crippen LogP contribution >= 0.6 is 0 Å². The van der Waals surface area contributed by atoms with Gasteiger partial charge >= 0.3 is 0 Å². The number of anilines is 2. The maximum atomic E-state index is 6.77. The van der Waals surface area contributed by atoms with Crippen molar-refractivity contribution in [1.29, 1.82) is 0 Å². The zero-order chi connectivity index (χ0) is 31.7. The van der Waals surface area contributed by atoms with Gasteiger partial charge in [0.25, 0.3) is 0 Å². The molecule has 0 aliphatic carbocycles. The van der Waals surface area contributed by atoms with Crippen LogP contribution in [0.15, 0.2) is 134 Å². The van der Waals surface area contributed by atoms with E-state index in [9.17, 15) is 0 Å². The van der Waals surface area contributed by atoms with Crippen molar-refractivity contribution in [3.05, 3.63) is 139 Å². The first-order chi connectivity index (χ1) is 22.9. The fourth-order valence-corrected chi connectivity index (χ4v) is 6.87. The Hall–Kier alpha value is -5.88. The Bertz CT molecular complexity index is 2470. The van der Waals surface area contributed by atoms with E-state index < -0.39 is 0 Å². The summed E-state index contributed by atoms with van der Waals surface area (Å²) in [4.78, 5) is 12.1. The normalized spacial score (nSPS) is 12.9. The Balaban J connectivity index is 1.18. The minimum atomic E-state index is -0.0916. The van der Waals surface area contributed by atoms with Gasteiger partial charge in [0.05, 0.1) is 27.8 Å². The Labute approximate surface area is 273 Å². The highest BCUT2D eigenvalue weighted by Gasteiger charge is 2.27. The average molecular weight is 612 g/mol. The summed E-state index contributed by atoms with van der Waals surface area (Å²) in [7, 11) is 0. The van der Waals surface area contributed by atoms with Crippen molar-refractivity contribution in [3.63, 3.8) is 0 Å². The van der Waals surface area contributed by atoms with Gasteiger partial charge in [0.15, 0.2) is 0 Å². The number of benzene rings is 5. The van der Waals surface area contributed by atoms with Gasteiger partial charge in [-0.2, -0.15) is 0 Å². The van der Waals surface area contributed by atoms with Crippen LogP contribution in [0.1, 0.15) is 26.3 Å². The highest BCUT2D eigenvalue weighted by atomic mass is 16.5. The zero-order valence-electron chi connectivity index (χ0n) is 26.6. The smallest absolute Gasteiger partial charge is 0.144 e. The lowest BCUT2D eigenvalue weighted by atomic mass is 9.86. The highest BCUT2D eigenvalue weighted by Crippen LogP contribution is 2.44. The minimum absolute atomic E-state index is 0.0916. The standard InChI is InChI=1S/C41H33N5O/c1-41(2,3)27-22-28(44-26-45-37-17-9-6-14-34(37)43-40(45)33-13-5-7-15-35(33)44)24-30(23-27)47-29-19-20-32-31-12-4-8-16-36(31)46(38(32)25-29)39-18-10-11-21-42-39/h4-25H,26H2,1-3H3. The predicted molar refractivity (Wildman–Crippen MR) is 191 cm³/mol. The molecule has 0 saturated carbocycles. The number of hydrogen-bond acceptors (Lipinski definition) is 4. The lowest BCUT2D eigenvalue weighted by Gasteiger charge is -2.33. The van der Waals surface area contributed by atoms with Crippen LogP contribution in [0.4, 0.5) is 11.4 Å². The lowest BCUT2D eigenvalue weighted by Crippen LogP contribution is -2.26. The second kappa shape index (κ2) is 10.3. The Morgan fingerprint density at radius 1 is 0.660 bits per heavy atom. The van der Waals surface area contributed by atoms with Gasteiger partial charge in [-0.05, 0) is 77.7 Å². The summed E-state index contributed by atoms with van der Waals surface area (Å²) in [5, 5.41) is 2.35. The van der Waals surface area contributed by atoms with Gasteiger partial charge in [-0.1, -0.05) is 69.3 Å². The summed E-state index contributed by atoms with van der Waals surface area (Å²) in [6.45, 7) is 7.40. The van der Waals surface area contributed by atoms with Crippen LogP contribution in [-0.4, -0.2) is 19.1 Å². The van der Waals surface area contributed by atoms with Crippen LogP contribution in [0.2, 0.25) is 0 Å². The molecule has 1 aliphatic rings. The number of ether oxygens (including phenoxy) is 1. The van der Waals surface area contributed by atoms with E-state index in [0.717, 1.165) is 67.5 Å². The monoisotopic (exact) mass is 611 g/mol. The Morgan fingerprint density at radius 2 is 1.43 bits per heavy atom. The van der Waals surface area contributed by atoms with Crippen molar-refractivity contribution in [1.82, 2.24) is 19.1 Å². The number of rotatable bonds is 4. The number of fused-ring (bicyclic) bond motifs is 8. The molecule has 5 aromatic carbocycles. The average Bonchev–Trinajstić information content (AvgIpc) is 3.63. The summed E-state index contributed by atoms with van der Waals surface area (Å²) in [5.41, 5.74) is 8.74. The molecule has 0 spiro atoms. The molecule has 0 saturated heterocycles. The van der Waals surface area contributed by atoms with Gasteiger partial charge in [-0.25, -0.2) is 9.97 Å². The number of aromatic nitrogens is 4. The largest absolute Gasteiger partial charge is 0.457 e. The molecule has 0 fully saturated rings. The molecule has 228 valence electrons. The molecule has 0 atom stereocenters. The van der Waals surface area contributed by atoms with Crippen molar-refractivity contribution in [2.45, 2.75) is 32.9 Å². The number of nitrogens with zero attached hydrogens (tertiary/aromatic N) is 5. The van der Waals surface area contributed by atoms with Crippen molar-refractivity contribution in [2.24, 2.45) is 0 Å². The van der Waals surface area contributed by atoms with E-state index in [1.165, 1.54) is 10.9 Å². The highest BCUT2D eigenvalue weighted by molar-refractivity contribution is 6.09. The van der Waals surface area contributed by atoms with Gasteiger partial charge in [-0.3, -0.25) is 4.57 Å². The summed E-state index contributed by atoms with van der Waals surface area (Å²) in [6.07, 6.45) is 1.84. The molecule has 0 radical (unpaired) electrons.